The Balaban J connectivity index is 2.29. The van der Waals surface area contributed by atoms with Crippen molar-refractivity contribution in [1.29, 1.82) is 0 Å². The largest absolute Gasteiger partial charge is 0.497 e. The van der Waals surface area contributed by atoms with Gasteiger partial charge in [0, 0.05) is 0 Å². The number of rotatable bonds is 7. The van der Waals surface area contributed by atoms with E-state index in [1.807, 2.05) is 6.07 Å². The second kappa shape index (κ2) is 7.94. The van der Waals surface area contributed by atoms with E-state index < -0.39 is 22.0 Å². The molecule has 0 unspecified atom stereocenters. The van der Waals surface area contributed by atoms with Crippen molar-refractivity contribution in [3.63, 3.8) is 0 Å². The minimum Gasteiger partial charge on any atom is -0.497 e. The van der Waals surface area contributed by atoms with Crippen LogP contribution in [0.3, 0.4) is 0 Å². The molecule has 0 spiro atoms. The van der Waals surface area contributed by atoms with Gasteiger partial charge in [0.05, 0.1) is 20.5 Å². The summed E-state index contributed by atoms with van der Waals surface area (Å²) in [6.45, 7) is 0. The van der Waals surface area contributed by atoms with Crippen molar-refractivity contribution in [2.24, 2.45) is 0 Å². The molecule has 0 aliphatic heterocycles. The number of carbonyl (C=O) groups excluding carboxylic acids is 1. The molecule has 2 aromatic rings. The third-order valence-corrected chi connectivity index (χ3v) is 4.77. The number of sulfonamides is 1. The highest BCUT2D eigenvalue weighted by Crippen LogP contribution is 2.16. The minimum absolute atomic E-state index is 0.135. The van der Waals surface area contributed by atoms with Crippen LogP contribution >= 0.6 is 0 Å². The maximum Gasteiger partial charge on any atom is 0.324 e. The molecule has 0 radical (unpaired) electrons. The molecular weight excluding hydrogens is 330 g/mol. The van der Waals surface area contributed by atoms with Gasteiger partial charge in [0.1, 0.15) is 11.8 Å². The molecule has 7 heteroatoms. The summed E-state index contributed by atoms with van der Waals surface area (Å²) in [4.78, 5) is 11.8. The van der Waals surface area contributed by atoms with Crippen molar-refractivity contribution < 1.29 is 24.1 Å². The molecule has 0 aliphatic carbocycles. The molecule has 0 heterocycles. The van der Waals surface area contributed by atoms with Gasteiger partial charge in [0.25, 0.3) is 0 Å². The van der Waals surface area contributed by atoms with E-state index in [4.69, 9.17) is 10.8 Å². The molecule has 2 rings (SSSR count). The molecule has 128 valence electrons. The maximum absolute atomic E-state index is 12.6. The Bertz CT molecular complexity index is 839. The van der Waals surface area contributed by atoms with E-state index in [1.165, 1.54) is 32.4 Å². The Labute approximate surface area is 142 Å². The number of hydrogen-bond donors (Lipinski definition) is 1. The summed E-state index contributed by atoms with van der Waals surface area (Å²) >= 11 is 0. The molecule has 6 nitrogen and oxygen atoms in total. The lowest BCUT2D eigenvalue weighted by molar-refractivity contribution is -0.142. The van der Waals surface area contributed by atoms with Gasteiger partial charge in [-0.1, -0.05) is 30.3 Å². The zero-order chi connectivity index (χ0) is 18.4. The molecule has 0 aromatic heterocycles. The van der Waals surface area contributed by atoms with E-state index in [0.29, 0.717) is 5.75 Å². The zero-order valence-electron chi connectivity index (χ0n) is 14.4. The van der Waals surface area contributed by atoms with Crippen molar-refractivity contribution in [1.82, 2.24) is 4.72 Å². The highest BCUT2D eigenvalue weighted by molar-refractivity contribution is 7.89. The van der Waals surface area contributed by atoms with Crippen LogP contribution in [0.1, 0.15) is 6.93 Å². The molecule has 0 bridgehead atoms. The van der Waals surface area contributed by atoms with Crippen LogP contribution in [0.25, 0.3) is 0 Å². The smallest absolute Gasteiger partial charge is 0.324 e. The Kier molecular flexibility index (Phi) is 5.45. The highest BCUT2D eigenvalue weighted by atomic mass is 32.2. The van der Waals surface area contributed by atoms with Crippen LogP contribution in [-0.4, -0.2) is 34.6 Å². The summed E-state index contributed by atoms with van der Waals surface area (Å²) in [5.74, 6) is -0.328. The average molecular weight is 350 g/mol. The number of benzene rings is 2. The Morgan fingerprint density at radius 3 is 2.46 bits per heavy atom. The third kappa shape index (κ3) is 4.56. The standard InChI is InChI=1S/C17H19NO5S/c1-22-14-8-10-15(11-9-14)24(20,21)18-16(17(19)23-2)12-13-6-4-3-5-7-13/h3-11,16,18H,12H2,1-2H3/t16-/m0/s1/i10D. The van der Waals surface area contributed by atoms with Crippen LogP contribution in [0.4, 0.5) is 0 Å². The van der Waals surface area contributed by atoms with Gasteiger partial charge < -0.3 is 9.47 Å². The molecular formula is C17H19NO5S. The molecule has 0 saturated heterocycles. The number of esters is 1. The van der Waals surface area contributed by atoms with Gasteiger partial charge in [-0.2, -0.15) is 4.72 Å². The molecule has 24 heavy (non-hydrogen) atoms. The van der Waals surface area contributed by atoms with E-state index in [1.54, 1.807) is 24.3 Å². The second-order valence-electron chi connectivity index (χ2n) is 4.98. The highest BCUT2D eigenvalue weighted by Gasteiger charge is 2.26. The molecule has 0 aliphatic rings. The fourth-order valence-corrected chi connectivity index (χ4v) is 3.25. The van der Waals surface area contributed by atoms with Crippen molar-refractivity contribution in [2.75, 3.05) is 14.2 Å². The quantitative estimate of drug-likeness (QED) is 0.770. The Morgan fingerprint density at radius 2 is 1.88 bits per heavy atom. The third-order valence-electron chi connectivity index (χ3n) is 3.35. The van der Waals surface area contributed by atoms with Crippen molar-refractivity contribution >= 4 is 16.0 Å². The van der Waals surface area contributed by atoms with E-state index in [2.05, 4.69) is 4.72 Å². The number of carbonyl (C=O) groups is 1. The number of methoxy groups -OCH3 is 2. The second-order valence-corrected chi connectivity index (χ2v) is 6.66. The van der Waals surface area contributed by atoms with Crippen molar-refractivity contribution in [2.45, 2.75) is 17.4 Å². The first-order valence-electron chi connectivity index (χ1n) is 7.66. The van der Waals surface area contributed by atoms with Gasteiger partial charge in [-0.3, -0.25) is 4.79 Å². The van der Waals surface area contributed by atoms with Crippen LogP contribution in [-0.2, 0) is 26.0 Å². The van der Waals surface area contributed by atoms with Crippen LogP contribution < -0.4 is 9.46 Å². The van der Waals surface area contributed by atoms with Crippen molar-refractivity contribution in [3.8, 4) is 5.75 Å². The fraction of sp³-hybridized carbons (Fsp3) is 0.235. The lowest BCUT2D eigenvalue weighted by atomic mass is 10.1. The van der Waals surface area contributed by atoms with Gasteiger partial charge in [-0.15, -0.1) is 0 Å². The number of hydrogen-bond acceptors (Lipinski definition) is 5. The zero-order valence-corrected chi connectivity index (χ0v) is 14.2. The van der Waals surface area contributed by atoms with Crippen LogP contribution in [0.5, 0.6) is 5.75 Å². The van der Waals surface area contributed by atoms with Gasteiger partial charge in [-0.05, 0) is 36.2 Å². The Hall–Kier alpha value is -2.38. The first kappa shape index (κ1) is 16.5. The summed E-state index contributed by atoms with van der Waals surface area (Å²) < 4.78 is 45.1. The average Bonchev–Trinajstić information content (AvgIpc) is 2.60. The molecule has 0 saturated carbocycles. The monoisotopic (exact) mass is 350 g/mol. The van der Waals surface area contributed by atoms with Crippen LogP contribution in [0.15, 0.2) is 59.5 Å². The van der Waals surface area contributed by atoms with E-state index in [-0.39, 0.29) is 17.4 Å². The van der Waals surface area contributed by atoms with Crippen LogP contribution in [0.2, 0.25) is 0 Å². The normalized spacial score (nSPS) is 13.0. The summed E-state index contributed by atoms with van der Waals surface area (Å²) in [7, 11) is -1.47. The molecule has 2 aromatic carbocycles. The molecule has 0 fully saturated rings. The van der Waals surface area contributed by atoms with Gasteiger partial charge in [-0.25, -0.2) is 8.42 Å². The Morgan fingerprint density at radius 1 is 1.17 bits per heavy atom. The van der Waals surface area contributed by atoms with Crippen LogP contribution in [0, 0.1) is 0 Å². The molecule has 1 atom stereocenters. The van der Waals surface area contributed by atoms with E-state index >= 15 is 0 Å². The SMILES string of the molecule is [2H]c1cc(OC)ccc1S(=O)(=O)N[C@@H](Cc1ccccc1)C(=O)OC. The van der Waals surface area contributed by atoms with Crippen molar-refractivity contribution in [3.05, 3.63) is 60.1 Å². The van der Waals surface area contributed by atoms with E-state index in [0.717, 1.165) is 5.56 Å². The van der Waals surface area contributed by atoms with Gasteiger partial charge >= 0.3 is 5.97 Å². The van der Waals surface area contributed by atoms with Gasteiger partial charge in [0.15, 0.2) is 0 Å². The fourth-order valence-electron chi connectivity index (χ4n) is 2.11. The summed E-state index contributed by atoms with van der Waals surface area (Å²) in [6.07, 6.45) is 0.135. The van der Waals surface area contributed by atoms with E-state index in [9.17, 15) is 13.2 Å². The topological polar surface area (TPSA) is 81.7 Å². The summed E-state index contributed by atoms with van der Waals surface area (Å²) in [5.41, 5.74) is 0.779. The maximum atomic E-state index is 12.6. The molecule has 1 N–H and O–H groups in total. The lowest BCUT2D eigenvalue weighted by Gasteiger charge is -2.17. The predicted octanol–water partition coefficient (Wildman–Crippen LogP) is 1.76. The number of nitrogens with one attached hydrogen (secondary N) is 1. The predicted molar refractivity (Wildman–Crippen MR) is 89.3 cm³/mol. The first-order valence-corrected chi connectivity index (χ1v) is 8.64. The first-order chi connectivity index (χ1) is 11.9. The van der Waals surface area contributed by atoms with Gasteiger partial charge in [0.2, 0.25) is 10.0 Å². The summed E-state index contributed by atoms with van der Waals surface area (Å²) in [5, 5.41) is 0. The lowest BCUT2D eigenvalue weighted by Crippen LogP contribution is -2.42. The molecule has 0 amide bonds. The number of ether oxygens (including phenoxy) is 2. The summed E-state index contributed by atoms with van der Waals surface area (Å²) in [6, 6.07) is 11.7. The minimum atomic E-state index is -4.08.